The molecule has 0 spiro atoms. The van der Waals surface area contributed by atoms with Crippen molar-refractivity contribution in [2.45, 2.75) is 32.6 Å². The monoisotopic (exact) mass is 327 g/mol. The lowest BCUT2D eigenvalue weighted by atomic mass is 10.1. The number of anilines is 2. The smallest absolute Gasteiger partial charge is 0.257 e. The van der Waals surface area contributed by atoms with E-state index in [0.29, 0.717) is 17.2 Å². The Morgan fingerprint density at radius 2 is 2.13 bits per heavy atom. The first-order valence-corrected chi connectivity index (χ1v) is 8.64. The summed E-state index contributed by atoms with van der Waals surface area (Å²) in [5.41, 5.74) is 3.72. The number of carbonyl (C=O) groups excluding carboxylic acids is 2. The first-order valence-electron chi connectivity index (χ1n) is 7.83. The largest absolute Gasteiger partial charge is 0.312 e. The van der Waals surface area contributed by atoms with Crippen molar-refractivity contribution in [1.82, 2.24) is 4.98 Å². The molecule has 0 unspecified atom stereocenters. The van der Waals surface area contributed by atoms with E-state index in [2.05, 4.69) is 10.3 Å². The molecule has 1 aliphatic carbocycles. The summed E-state index contributed by atoms with van der Waals surface area (Å²) in [5, 5.41) is 3.59. The topological polar surface area (TPSA) is 62.3 Å². The molecule has 2 aliphatic rings. The van der Waals surface area contributed by atoms with Crippen molar-refractivity contribution in [1.29, 1.82) is 0 Å². The zero-order valence-corrected chi connectivity index (χ0v) is 13.7. The van der Waals surface area contributed by atoms with Crippen molar-refractivity contribution in [3.05, 3.63) is 39.9 Å². The van der Waals surface area contributed by atoms with E-state index in [1.807, 2.05) is 12.1 Å². The van der Waals surface area contributed by atoms with Crippen LogP contribution in [0.2, 0.25) is 0 Å². The minimum atomic E-state index is -0.138. The number of carbonyl (C=O) groups is 2. The van der Waals surface area contributed by atoms with E-state index in [4.69, 9.17) is 0 Å². The van der Waals surface area contributed by atoms with E-state index in [0.717, 1.165) is 36.2 Å². The van der Waals surface area contributed by atoms with Crippen LogP contribution in [0, 0.1) is 0 Å². The number of amides is 2. The predicted octanol–water partition coefficient (Wildman–Crippen LogP) is 2.79. The van der Waals surface area contributed by atoms with Gasteiger partial charge in [0, 0.05) is 29.6 Å². The van der Waals surface area contributed by atoms with Crippen LogP contribution in [0.25, 0.3) is 0 Å². The first kappa shape index (κ1) is 14.4. The molecule has 0 radical (unpaired) electrons. The molecule has 4 rings (SSSR count). The third-order valence-electron chi connectivity index (χ3n) is 4.43. The molecule has 5 nitrogen and oxygen atoms in total. The standard InChI is InChI=1S/C17H17N3O2S/c1-10(21)20-8-7-11-9-12(5-6-14(11)20)16(22)19-17-18-13-3-2-4-15(13)23-17/h5-6,9H,2-4,7-8H2,1H3,(H,18,19,22). The summed E-state index contributed by atoms with van der Waals surface area (Å²) < 4.78 is 0. The van der Waals surface area contributed by atoms with Crippen LogP contribution in [0.15, 0.2) is 18.2 Å². The minimum Gasteiger partial charge on any atom is -0.312 e. The Balaban J connectivity index is 1.54. The van der Waals surface area contributed by atoms with Crippen LogP contribution in [0.5, 0.6) is 0 Å². The molecular formula is C17H17N3O2S. The van der Waals surface area contributed by atoms with Crippen LogP contribution >= 0.6 is 11.3 Å². The molecule has 6 heteroatoms. The molecule has 2 heterocycles. The van der Waals surface area contributed by atoms with Crippen LogP contribution in [0.4, 0.5) is 10.8 Å². The van der Waals surface area contributed by atoms with Crippen molar-refractivity contribution in [3.63, 3.8) is 0 Å². The van der Waals surface area contributed by atoms with Gasteiger partial charge in [0.25, 0.3) is 5.91 Å². The van der Waals surface area contributed by atoms with Crippen LogP contribution in [-0.4, -0.2) is 23.3 Å². The molecule has 1 N–H and O–H groups in total. The fourth-order valence-corrected chi connectivity index (χ4v) is 4.33. The summed E-state index contributed by atoms with van der Waals surface area (Å²) in [7, 11) is 0. The molecule has 1 aromatic carbocycles. The molecule has 0 fully saturated rings. The second-order valence-corrected chi connectivity index (χ2v) is 7.04. The number of fused-ring (bicyclic) bond motifs is 2. The molecule has 118 valence electrons. The fourth-order valence-electron chi connectivity index (χ4n) is 3.28. The maximum absolute atomic E-state index is 12.4. The predicted molar refractivity (Wildman–Crippen MR) is 90.3 cm³/mol. The summed E-state index contributed by atoms with van der Waals surface area (Å²) in [4.78, 5) is 31.6. The van der Waals surface area contributed by atoms with Crippen molar-refractivity contribution >= 4 is 34.0 Å². The van der Waals surface area contributed by atoms with Crippen LogP contribution in [-0.2, 0) is 24.1 Å². The second kappa shape index (κ2) is 5.45. The molecule has 23 heavy (non-hydrogen) atoms. The van der Waals surface area contributed by atoms with Crippen LogP contribution in [0.3, 0.4) is 0 Å². The normalized spacial score (nSPS) is 15.4. The molecule has 0 saturated carbocycles. The van der Waals surface area contributed by atoms with E-state index in [9.17, 15) is 9.59 Å². The zero-order valence-electron chi connectivity index (χ0n) is 12.9. The van der Waals surface area contributed by atoms with Gasteiger partial charge in [-0.2, -0.15) is 0 Å². The van der Waals surface area contributed by atoms with Gasteiger partial charge in [-0.1, -0.05) is 0 Å². The van der Waals surface area contributed by atoms with Crippen molar-refractivity contribution in [2.75, 3.05) is 16.8 Å². The third kappa shape index (κ3) is 2.53. The molecule has 0 atom stereocenters. The van der Waals surface area contributed by atoms with Gasteiger partial charge in [0.1, 0.15) is 0 Å². The number of benzene rings is 1. The average Bonchev–Trinajstić information content (AvgIpc) is 3.19. The molecule has 2 aromatic rings. The Kier molecular flexibility index (Phi) is 3.41. The molecule has 0 bridgehead atoms. The maximum Gasteiger partial charge on any atom is 0.257 e. The van der Waals surface area contributed by atoms with E-state index in [1.165, 1.54) is 11.3 Å². The Bertz CT molecular complexity index is 791. The second-order valence-electron chi connectivity index (χ2n) is 5.96. The summed E-state index contributed by atoms with van der Waals surface area (Å²) in [6, 6.07) is 5.52. The maximum atomic E-state index is 12.4. The average molecular weight is 327 g/mol. The molecule has 0 saturated heterocycles. The lowest BCUT2D eigenvalue weighted by molar-refractivity contribution is -0.116. The quantitative estimate of drug-likeness (QED) is 0.922. The summed E-state index contributed by atoms with van der Waals surface area (Å²) in [6.07, 6.45) is 4.05. The Hall–Kier alpha value is -2.21. The van der Waals surface area contributed by atoms with Crippen LogP contribution in [0.1, 0.15) is 39.8 Å². The van der Waals surface area contributed by atoms with Gasteiger partial charge in [-0.05, 0) is 49.4 Å². The van der Waals surface area contributed by atoms with Crippen molar-refractivity contribution < 1.29 is 9.59 Å². The van der Waals surface area contributed by atoms with Crippen LogP contribution < -0.4 is 10.2 Å². The van der Waals surface area contributed by atoms with Gasteiger partial charge in [0.15, 0.2) is 5.13 Å². The van der Waals surface area contributed by atoms with Crippen molar-refractivity contribution in [3.8, 4) is 0 Å². The van der Waals surface area contributed by atoms with Gasteiger partial charge in [-0.25, -0.2) is 4.98 Å². The Labute approximate surface area is 138 Å². The SMILES string of the molecule is CC(=O)N1CCc2cc(C(=O)Nc3nc4c(s3)CCC4)ccc21. The van der Waals surface area contributed by atoms with E-state index in [1.54, 1.807) is 29.2 Å². The summed E-state index contributed by atoms with van der Waals surface area (Å²) >= 11 is 1.58. The highest BCUT2D eigenvalue weighted by Crippen LogP contribution is 2.32. The summed E-state index contributed by atoms with van der Waals surface area (Å²) in [5.74, 6) is -0.0975. The number of nitrogens with one attached hydrogen (secondary N) is 1. The molecule has 1 aromatic heterocycles. The van der Waals surface area contributed by atoms with Gasteiger partial charge in [0.2, 0.25) is 5.91 Å². The minimum absolute atomic E-state index is 0.0400. The molecule has 2 amide bonds. The summed E-state index contributed by atoms with van der Waals surface area (Å²) in [6.45, 7) is 2.26. The zero-order chi connectivity index (χ0) is 16.0. The highest BCUT2D eigenvalue weighted by atomic mass is 32.1. The lowest BCUT2D eigenvalue weighted by Gasteiger charge is -2.14. The highest BCUT2D eigenvalue weighted by Gasteiger charge is 2.23. The fraction of sp³-hybridized carbons (Fsp3) is 0.353. The van der Waals surface area contributed by atoms with Gasteiger partial charge < -0.3 is 4.90 Å². The van der Waals surface area contributed by atoms with Gasteiger partial charge in [0.05, 0.1) is 5.69 Å². The number of aryl methyl sites for hydroxylation is 2. The molecule has 1 aliphatic heterocycles. The Morgan fingerprint density at radius 1 is 1.26 bits per heavy atom. The Morgan fingerprint density at radius 3 is 2.91 bits per heavy atom. The van der Waals surface area contributed by atoms with Crippen molar-refractivity contribution in [2.24, 2.45) is 0 Å². The lowest BCUT2D eigenvalue weighted by Crippen LogP contribution is -2.25. The van der Waals surface area contributed by atoms with Gasteiger partial charge in [-0.15, -0.1) is 11.3 Å². The molecular weight excluding hydrogens is 310 g/mol. The number of nitrogens with zero attached hydrogens (tertiary/aromatic N) is 2. The number of hydrogen-bond acceptors (Lipinski definition) is 4. The van der Waals surface area contributed by atoms with E-state index in [-0.39, 0.29) is 11.8 Å². The number of hydrogen-bond donors (Lipinski definition) is 1. The first-order chi connectivity index (χ1) is 11.1. The van der Waals surface area contributed by atoms with Gasteiger partial charge in [-0.3, -0.25) is 14.9 Å². The van der Waals surface area contributed by atoms with E-state index >= 15 is 0 Å². The van der Waals surface area contributed by atoms with E-state index < -0.39 is 0 Å². The number of aromatic nitrogens is 1. The third-order valence-corrected chi connectivity index (χ3v) is 5.51. The van der Waals surface area contributed by atoms with Gasteiger partial charge >= 0.3 is 0 Å². The number of rotatable bonds is 2. The highest BCUT2D eigenvalue weighted by molar-refractivity contribution is 7.16. The number of thiazole rings is 1.